The molecule has 1 aromatic rings. The molecule has 0 radical (unpaired) electrons. The molecule has 0 aromatic heterocycles. The summed E-state index contributed by atoms with van der Waals surface area (Å²) in [4.78, 5) is 6.21. The van der Waals surface area contributed by atoms with Crippen molar-refractivity contribution in [3.05, 3.63) is 29.6 Å². The average molecular weight is 280 g/mol. The molecule has 0 aliphatic rings. The minimum atomic E-state index is -0.218. The summed E-state index contributed by atoms with van der Waals surface area (Å²) in [5.74, 6) is 0.532. The molecule has 0 bridgehead atoms. The number of nitrogens with zero attached hydrogens (tertiary/aromatic N) is 2. The average Bonchev–Trinajstić information content (AvgIpc) is 2.35. The van der Waals surface area contributed by atoms with Crippen LogP contribution in [0.5, 0.6) is 0 Å². The van der Waals surface area contributed by atoms with Crippen molar-refractivity contribution >= 4 is 11.6 Å². The molecule has 2 N–H and O–H groups in total. The van der Waals surface area contributed by atoms with Crippen molar-refractivity contribution in [2.24, 2.45) is 4.99 Å². The molecule has 0 unspecified atom stereocenters. The Kier molecular flexibility index (Phi) is 6.28. The van der Waals surface area contributed by atoms with Crippen molar-refractivity contribution in [3.8, 4) is 0 Å². The second-order valence-corrected chi connectivity index (χ2v) is 5.17. The fourth-order valence-corrected chi connectivity index (χ4v) is 1.78. The molecule has 4 nitrogen and oxygen atoms in total. The van der Waals surface area contributed by atoms with Gasteiger partial charge in [-0.25, -0.2) is 9.38 Å². The number of nitrogens with one attached hydrogen (secondary N) is 2. The molecule has 20 heavy (non-hydrogen) atoms. The minimum Gasteiger partial charge on any atom is -0.375 e. The van der Waals surface area contributed by atoms with Gasteiger partial charge in [0.2, 0.25) is 0 Å². The third kappa shape index (κ3) is 5.07. The lowest BCUT2D eigenvalue weighted by Crippen LogP contribution is -2.41. The molecule has 0 saturated heterocycles. The summed E-state index contributed by atoms with van der Waals surface area (Å²) in [5.41, 5.74) is 1.44. The molecule has 112 valence electrons. The van der Waals surface area contributed by atoms with E-state index in [1.807, 2.05) is 27.1 Å². The Hall–Kier alpha value is -1.78. The minimum absolute atomic E-state index is 0.218. The van der Waals surface area contributed by atoms with Gasteiger partial charge in [-0.15, -0.1) is 0 Å². The Morgan fingerprint density at radius 1 is 1.35 bits per heavy atom. The van der Waals surface area contributed by atoms with Crippen LogP contribution in [0, 0.1) is 5.82 Å². The Morgan fingerprint density at radius 3 is 2.55 bits per heavy atom. The summed E-state index contributed by atoms with van der Waals surface area (Å²) in [6.45, 7) is 7.37. The van der Waals surface area contributed by atoms with Gasteiger partial charge in [0.05, 0.1) is 12.2 Å². The van der Waals surface area contributed by atoms with Crippen molar-refractivity contribution in [1.82, 2.24) is 10.6 Å². The lowest BCUT2D eigenvalue weighted by Gasteiger charge is -2.15. The van der Waals surface area contributed by atoms with Crippen LogP contribution in [0.1, 0.15) is 26.3 Å². The van der Waals surface area contributed by atoms with E-state index in [1.165, 1.54) is 6.07 Å². The Balaban J connectivity index is 2.78. The second kappa shape index (κ2) is 7.72. The molecular weight excluding hydrogens is 255 g/mol. The van der Waals surface area contributed by atoms with Crippen LogP contribution in [-0.4, -0.2) is 32.6 Å². The van der Waals surface area contributed by atoms with Gasteiger partial charge >= 0.3 is 0 Å². The molecular formula is C15H25FN4. The van der Waals surface area contributed by atoms with Gasteiger partial charge in [0.15, 0.2) is 5.96 Å². The standard InChI is InChI=1S/C15H25FN4/c1-6-17-15(19-11(2)3)18-10-12-7-8-14(20(4)5)13(16)9-12/h7-9,11H,6,10H2,1-5H3,(H2,17,18,19). The molecule has 0 aliphatic heterocycles. The summed E-state index contributed by atoms with van der Waals surface area (Å²) in [6.07, 6.45) is 0. The van der Waals surface area contributed by atoms with E-state index in [9.17, 15) is 4.39 Å². The first kappa shape index (κ1) is 16.3. The number of anilines is 1. The van der Waals surface area contributed by atoms with Crippen LogP contribution >= 0.6 is 0 Å². The SMILES string of the molecule is CCNC(=NCc1ccc(N(C)C)c(F)c1)NC(C)C. The number of hydrogen-bond donors (Lipinski definition) is 2. The van der Waals surface area contributed by atoms with Gasteiger partial charge in [-0.1, -0.05) is 6.07 Å². The van der Waals surface area contributed by atoms with Crippen LogP contribution in [0.2, 0.25) is 0 Å². The molecule has 5 heteroatoms. The van der Waals surface area contributed by atoms with E-state index in [0.717, 1.165) is 18.1 Å². The van der Waals surface area contributed by atoms with Crippen molar-refractivity contribution < 1.29 is 4.39 Å². The summed E-state index contributed by atoms with van der Waals surface area (Å²) in [5, 5.41) is 6.40. The third-order valence-corrected chi connectivity index (χ3v) is 2.68. The topological polar surface area (TPSA) is 39.7 Å². The maximum atomic E-state index is 13.9. The highest BCUT2D eigenvalue weighted by molar-refractivity contribution is 5.80. The summed E-state index contributed by atoms with van der Waals surface area (Å²) < 4.78 is 13.9. The van der Waals surface area contributed by atoms with Crippen LogP contribution in [0.4, 0.5) is 10.1 Å². The monoisotopic (exact) mass is 280 g/mol. The number of benzene rings is 1. The largest absolute Gasteiger partial charge is 0.375 e. The van der Waals surface area contributed by atoms with Crippen molar-refractivity contribution in [1.29, 1.82) is 0 Å². The normalized spacial score (nSPS) is 11.7. The molecule has 0 saturated carbocycles. The first-order valence-electron chi connectivity index (χ1n) is 6.94. The molecule has 0 fully saturated rings. The molecule has 0 atom stereocenters. The summed E-state index contributed by atoms with van der Waals surface area (Å²) in [6, 6.07) is 5.53. The van der Waals surface area contributed by atoms with Crippen molar-refractivity contribution in [2.75, 3.05) is 25.5 Å². The van der Waals surface area contributed by atoms with E-state index in [4.69, 9.17) is 0 Å². The van der Waals surface area contributed by atoms with Crippen LogP contribution in [0.3, 0.4) is 0 Å². The molecule has 1 rings (SSSR count). The first-order chi connectivity index (χ1) is 9.43. The summed E-state index contributed by atoms with van der Waals surface area (Å²) in [7, 11) is 3.65. The van der Waals surface area contributed by atoms with E-state index in [1.54, 1.807) is 11.0 Å². The predicted molar refractivity (Wildman–Crippen MR) is 83.8 cm³/mol. The zero-order valence-corrected chi connectivity index (χ0v) is 13.0. The fourth-order valence-electron chi connectivity index (χ4n) is 1.78. The van der Waals surface area contributed by atoms with Gasteiger partial charge in [0, 0.05) is 26.7 Å². The van der Waals surface area contributed by atoms with Gasteiger partial charge in [-0.2, -0.15) is 0 Å². The van der Waals surface area contributed by atoms with Gasteiger partial charge < -0.3 is 15.5 Å². The molecule has 1 aromatic carbocycles. The molecule has 0 heterocycles. The third-order valence-electron chi connectivity index (χ3n) is 2.68. The van der Waals surface area contributed by atoms with Gasteiger partial charge in [0.25, 0.3) is 0 Å². The Morgan fingerprint density at radius 2 is 2.05 bits per heavy atom. The van der Waals surface area contributed by atoms with Gasteiger partial charge in [-0.05, 0) is 38.5 Å². The van der Waals surface area contributed by atoms with E-state index in [0.29, 0.717) is 18.3 Å². The summed E-state index contributed by atoms with van der Waals surface area (Å²) >= 11 is 0. The number of aliphatic imine (C=N–C) groups is 1. The first-order valence-corrected chi connectivity index (χ1v) is 6.94. The lowest BCUT2D eigenvalue weighted by molar-refractivity contribution is 0.623. The molecule has 0 amide bonds. The maximum Gasteiger partial charge on any atom is 0.191 e. The lowest BCUT2D eigenvalue weighted by atomic mass is 10.2. The fraction of sp³-hybridized carbons (Fsp3) is 0.533. The maximum absolute atomic E-state index is 13.9. The zero-order valence-electron chi connectivity index (χ0n) is 13.0. The molecule has 0 spiro atoms. The second-order valence-electron chi connectivity index (χ2n) is 5.17. The number of rotatable bonds is 5. The predicted octanol–water partition coefficient (Wildman–Crippen LogP) is 2.36. The smallest absolute Gasteiger partial charge is 0.191 e. The van der Waals surface area contributed by atoms with Crippen LogP contribution in [0.15, 0.2) is 23.2 Å². The van der Waals surface area contributed by atoms with E-state index < -0.39 is 0 Å². The van der Waals surface area contributed by atoms with E-state index in [-0.39, 0.29) is 5.82 Å². The Bertz CT molecular complexity index is 455. The highest BCUT2D eigenvalue weighted by Crippen LogP contribution is 2.18. The van der Waals surface area contributed by atoms with Crippen LogP contribution in [-0.2, 0) is 6.54 Å². The quantitative estimate of drug-likeness (QED) is 0.642. The number of hydrogen-bond acceptors (Lipinski definition) is 2. The molecule has 0 aliphatic carbocycles. The highest BCUT2D eigenvalue weighted by atomic mass is 19.1. The van der Waals surface area contributed by atoms with E-state index in [2.05, 4.69) is 29.5 Å². The van der Waals surface area contributed by atoms with Crippen LogP contribution < -0.4 is 15.5 Å². The van der Waals surface area contributed by atoms with Gasteiger partial charge in [-0.3, -0.25) is 0 Å². The number of guanidine groups is 1. The van der Waals surface area contributed by atoms with E-state index >= 15 is 0 Å². The highest BCUT2D eigenvalue weighted by Gasteiger charge is 2.05. The van der Waals surface area contributed by atoms with Crippen molar-refractivity contribution in [2.45, 2.75) is 33.4 Å². The van der Waals surface area contributed by atoms with Crippen LogP contribution in [0.25, 0.3) is 0 Å². The number of halogens is 1. The zero-order chi connectivity index (χ0) is 15.1. The Labute approximate surface area is 121 Å². The van der Waals surface area contributed by atoms with Gasteiger partial charge in [0.1, 0.15) is 5.82 Å². The van der Waals surface area contributed by atoms with Crippen molar-refractivity contribution in [3.63, 3.8) is 0 Å².